The summed E-state index contributed by atoms with van der Waals surface area (Å²) in [5, 5.41) is 3.10. The predicted molar refractivity (Wildman–Crippen MR) is 94.5 cm³/mol. The van der Waals surface area contributed by atoms with Crippen molar-refractivity contribution in [1.82, 2.24) is 10.3 Å². The number of amides is 1. The van der Waals surface area contributed by atoms with E-state index in [1.54, 1.807) is 43.6 Å². The number of nitrogens with zero attached hydrogens (tertiary/aromatic N) is 2. The van der Waals surface area contributed by atoms with Gasteiger partial charge in [0.05, 0.1) is 11.9 Å². The number of carbonyl (C=O) groups is 1. The summed E-state index contributed by atoms with van der Waals surface area (Å²) in [4.78, 5) is 16.1. The average Bonchev–Trinajstić information content (AvgIpc) is 2.53. The average molecular weight is 368 g/mol. The number of anilines is 1. The molecular weight excluding hydrogens is 350 g/mol. The first-order valence-corrected chi connectivity index (χ1v) is 9.39. The Labute approximate surface area is 146 Å². The molecule has 0 radical (unpaired) electrons. The molecule has 0 bridgehead atoms. The van der Waals surface area contributed by atoms with Crippen molar-refractivity contribution in [2.75, 3.05) is 17.1 Å². The molecule has 1 aromatic carbocycles. The molecule has 0 spiro atoms. The van der Waals surface area contributed by atoms with Gasteiger partial charge in [0.15, 0.2) is 0 Å². The number of benzene rings is 1. The van der Waals surface area contributed by atoms with Crippen molar-refractivity contribution in [2.45, 2.75) is 13.5 Å². The summed E-state index contributed by atoms with van der Waals surface area (Å²) in [5.74, 6) is -0.406. The van der Waals surface area contributed by atoms with Crippen LogP contribution in [0.4, 0.5) is 5.69 Å². The number of carbonyl (C=O) groups excluding carboxylic acids is 1. The zero-order chi connectivity index (χ0) is 17.7. The van der Waals surface area contributed by atoms with Crippen molar-refractivity contribution in [2.24, 2.45) is 0 Å². The quantitative estimate of drug-likeness (QED) is 0.848. The van der Waals surface area contributed by atoms with Gasteiger partial charge in [-0.2, -0.15) is 0 Å². The summed E-state index contributed by atoms with van der Waals surface area (Å²) in [5.41, 5.74) is 1.99. The zero-order valence-electron chi connectivity index (χ0n) is 13.4. The second-order valence-corrected chi connectivity index (χ2v) is 7.68. The fraction of sp³-hybridized carbons (Fsp3) is 0.250. The highest BCUT2D eigenvalue weighted by molar-refractivity contribution is 7.92. The van der Waals surface area contributed by atoms with Gasteiger partial charge < -0.3 is 5.32 Å². The predicted octanol–water partition coefficient (Wildman–Crippen LogP) is 2.13. The minimum atomic E-state index is -3.63. The van der Waals surface area contributed by atoms with E-state index in [1.807, 2.05) is 0 Å². The lowest BCUT2D eigenvalue weighted by molar-refractivity contribution is -0.119. The van der Waals surface area contributed by atoms with Gasteiger partial charge in [0.25, 0.3) is 0 Å². The van der Waals surface area contributed by atoms with Gasteiger partial charge >= 0.3 is 0 Å². The first kappa shape index (κ1) is 18.2. The molecule has 0 atom stereocenters. The fourth-order valence-electron chi connectivity index (χ4n) is 2.12. The Morgan fingerprint density at radius 1 is 1.25 bits per heavy atom. The highest BCUT2D eigenvalue weighted by Gasteiger charge is 2.22. The van der Waals surface area contributed by atoms with Crippen molar-refractivity contribution in [1.29, 1.82) is 0 Å². The molecule has 0 saturated carbocycles. The zero-order valence-corrected chi connectivity index (χ0v) is 14.9. The van der Waals surface area contributed by atoms with E-state index in [0.29, 0.717) is 22.8 Å². The Bertz CT molecular complexity index is 826. The SMILES string of the molecule is Cc1ccc(Cl)cc1N(CC(=O)NCc1ccncc1)S(C)(=O)=O. The van der Waals surface area contributed by atoms with Crippen molar-refractivity contribution in [3.63, 3.8) is 0 Å². The molecule has 1 heterocycles. The van der Waals surface area contributed by atoms with Gasteiger partial charge in [0, 0.05) is 24.0 Å². The number of aryl methyl sites for hydroxylation is 1. The van der Waals surface area contributed by atoms with Crippen LogP contribution in [0, 0.1) is 6.92 Å². The first-order chi connectivity index (χ1) is 11.3. The molecule has 0 aliphatic rings. The minimum absolute atomic E-state index is 0.299. The van der Waals surface area contributed by atoms with E-state index >= 15 is 0 Å². The Balaban J connectivity index is 2.15. The number of halogens is 1. The van der Waals surface area contributed by atoms with Crippen LogP contribution in [0.15, 0.2) is 42.7 Å². The van der Waals surface area contributed by atoms with Crippen molar-refractivity contribution >= 4 is 33.2 Å². The van der Waals surface area contributed by atoms with Gasteiger partial charge in [0.2, 0.25) is 15.9 Å². The molecule has 0 saturated heterocycles. The van der Waals surface area contributed by atoms with Crippen LogP contribution < -0.4 is 9.62 Å². The van der Waals surface area contributed by atoms with Crippen LogP contribution in [0.25, 0.3) is 0 Å². The van der Waals surface area contributed by atoms with E-state index in [0.717, 1.165) is 16.1 Å². The Morgan fingerprint density at radius 3 is 2.54 bits per heavy atom. The molecule has 2 rings (SSSR count). The van der Waals surface area contributed by atoms with Gasteiger partial charge in [-0.15, -0.1) is 0 Å². The van der Waals surface area contributed by atoms with Crippen molar-refractivity contribution in [3.05, 3.63) is 58.9 Å². The van der Waals surface area contributed by atoms with Gasteiger partial charge in [-0.3, -0.25) is 14.1 Å². The Kier molecular flexibility index (Phi) is 5.80. The van der Waals surface area contributed by atoms with E-state index in [-0.39, 0.29) is 6.54 Å². The molecule has 6 nitrogen and oxygen atoms in total. The molecule has 0 unspecified atom stereocenters. The first-order valence-electron chi connectivity index (χ1n) is 7.17. The largest absolute Gasteiger partial charge is 0.350 e. The highest BCUT2D eigenvalue weighted by atomic mass is 35.5. The lowest BCUT2D eigenvalue weighted by Crippen LogP contribution is -2.40. The smallest absolute Gasteiger partial charge is 0.241 e. The molecule has 1 N–H and O–H groups in total. The second kappa shape index (κ2) is 7.63. The molecule has 8 heteroatoms. The summed E-state index contributed by atoms with van der Waals surface area (Å²) in [6.45, 7) is 1.75. The molecular formula is C16H18ClN3O3S. The maximum Gasteiger partial charge on any atom is 0.241 e. The topological polar surface area (TPSA) is 79.4 Å². The summed E-state index contributed by atoms with van der Waals surface area (Å²) >= 11 is 5.96. The molecule has 0 fully saturated rings. The third-order valence-electron chi connectivity index (χ3n) is 3.37. The standard InChI is InChI=1S/C16H18ClN3O3S/c1-12-3-4-14(17)9-15(12)20(24(2,22)23)11-16(21)19-10-13-5-7-18-8-6-13/h3-9H,10-11H2,1-2H3,(H,19,21). The third-order valence-corrected chi connectivity index (χ3v) is 4.73. The van der Waals surface area contributed by atoms with Gasteiger partial charge in [0.1, 0.15) is 6.54 Å². The van der Waals surface area contributed by atoms with Crippen molar-refractivity contribution in [3.8, 4) is 0 Å². The molecule has 24 heavy (non-hydrogen) atoms. The van der Waals surface area contributed by atoms with Crippen LogP contribution in [0.3, 0.4) is 0 Å². The Morgan fingerprint density at radius 2 is 1.92 bits per heavy atom. The van der Waals surface area contributed by atoms with E-state index in [1.165, 1.54) is 6.07 Å². The van der Waals surface area contributed by atoms with Gasteiger partial charge in [-0.05, 0) is 42.3 Å². The normalized spacial score (nSPS) is 11.1. The van der Waals surface area contributed by atoms with E-state index in [4.69, 9.17) is 11.6 Å². The number of pyridine rings is 1. The van der Waals surface area contributed by atoms with Crippen LogP contribution in [-0.4, -0.2) is 32.1 Å². The maximum atomic E-state index is 12.2. The maximum absolute atomic E-state index is 12.2. The van der Waals surface area contributed by atoms with Crippen molar-refractivity contribution < 1.29 is 13.2 Å². The third kappa shape index (κ3) is 4.94. The lowest BCUT2D eigenvalue weighted by Gasteiger charge is -2.23. The second-order valence-electron chi connectivity index (χ2n) is 5.33. The summed E-state index contributed by atoms with van der Waals surface area (Å²) in [6.07, 6.45) is 4.31. The molecule has 128 valence electrons. The minimum Gasteiger partial charge on any atom is -0.350 e. The summed E-state index contributed by atoms with van der Waals surface area (Å²) in [6, 6.07) is 8.47. The summed E-state index contributed by atoms with van der Waals surface area (Å²) < 4.78 is 25.3. The van der Waals surface area contributed by atoms with Crippen LogP contribution >= 0.6 is 11.6 Å². The number of sulfonamides is 1. The van der Waals surface area contributed by atoms with Gasteiger partial charge in [-0.25, -0.2) is 8.42 Å². The number of aromatic nitrogens is 1. The van der Waals surface area contributed by atoms with Gasteiger partial charge in [-0.1, -0.05) is 17.7 Å². The molecule has 1 amide bonds. The number of hydrogen-bond acceptors (Lipinski definition) is 4. The highest BCUT2D eigenvalue weighted by Crippen LogP contribution is 2.26. The number of nitrogens with one attached hydrogen (secondary N) is 1. The molecule has 2 aromatic rings. The van der Waals surface area contributed by atoms with E-state index < -0.39 is 15.9 Å². The number of rotatable bonds is 6. The summed E-state index contributed by atoms with van der Waals surface area (Å²) in [7, 11) is -3.63. The molecule has 0 aliphatic heterocycles. The van der Waals surface area contributed by atoms with E-state index in [2.05, 4.69) is 10.3 Å². The Hall–Kier alpha value is -2.12. The molecule has 1 aromatic heterocycles. The van der Waals surface area contributed by atoms with Crippen LogP contribution in [0.1, 0.15) is 11.1 Å². The molecule has 0 aliphatic carbocycles. The fourth-order valence-corrected chi connectivity index (χ4v) is 3.19. The van der Waals surface area contributed by atoms with E-state index in [9.17, 15) is 13.2 Å². The lowest BCUT2D eigenvalue weighted by atomic mass is 10.2. The van der Waals surface area contributed by atoms with Crippen LogP contribution in [-0.2, 0) is 21.4 Å². The number of hydrogen-bond donors (Lipinski definition) is 1. The monoisotopic (exact) mass is 367 g/mol. The van der Waals surface area contributed by atoms with Crippen LogP contribution in [0.5, 0.6) is 0 Å². The van der Waals surface area contributed by atoms with Crippen LogP contribution in [0.2, 0.25) is 5.02 Å².